The summed E-state index contributed by atoms with van der Waals surface area (Å²) in [6.45, 7) is 4.32. The van der Waals surface area contributed by atoms with Gasteiger partial charge in [-0.3, -0.25) is 4.79 Å². The molecule has 0 unspecified atom stereocenters. The van der Waals surface area contributed by atoms with E-state index in [1.807, 2.05) is 30.3 Å². The summed E-state index contributed by atoms with van der Waals surface area (Å²) in [5.74, 6) is 1.23. The SMILES string of the molecule is CC(C)c1ccccc1NC(=O)Cn1nc(COc2ccc3c(c2)CCCC3)oc1=S. The fraction of sp³-hybridized carbons (Fsp3) is 0.375. The van der Waals surface area contributed by atoms with Crippen molar-refractivity contribution >= 4 is 23.8 Å². The molecule has 0 aliphatic heterocycles. The molecule has 1 amide bonds. The fourth-order valence-electron chi connectivity index (χ4n) is 3.89. The molecule has 1 aromatic heterocycles. The summed E-state index contributed by atoms with van der Waals surface area (Å²) in [4.78, 5) is 12.7. The van der Waals surface area contributed by atoms with Crippen molar-refractivity contribution in [3.63, 3.8) is 0 Å². The second kappa shape index (κ2) is 9.47. The molecule has 6 nitrogen and oxygen atoms in total. The molecule has 162 valence electrons. The average Bonchev–Trinajstić information content (AvgIpc) is 3.11. The molecule has 0 spiro atoms. The maximum absolute atomic E-state index is 12.5. The molecule has 0 radical (unpaired) electrons. The van der Waals surface area contributed by atoms with Gasteiger partial charge in [-0.05, 0) is 78.7 Å². The Morgan fingerprint density at radius 2 is 1.97 bits per heavy atom. The number of nitrogens with one attached hydrogen (secondary N) is 1. The highest BCUT2D eigenvalue weighted by atomic mass is 32.1. The van der Waals surface area contributed by atoms with Crippen LogP contribution in [0.1, 0.15) is 55.2 Å². The molecule has 0 atom stereocenters. The first-order chi connectivity index (χ1) is 15.0. The average molecular weight is 438 g/mol. The zero-order chi connectivity index (χ0) is 21.8. The molecule has 3 aromatic rings. The molecule has 7 heteroatoms. The van der Waals surface area contributed by atoms with Gasteiger partial charge in [0, 0.05) is 5.69 Å². The number of amides is 1. The van der Waals surface area contributed by atoms with Gasteiger partial charge in [0.2, 0.25) is 5.91 Å². The van der Waals surface area contributed by atoms with Crippen LogP contribution in [0.2, 0.25) is 0 Å². The fourth-order valence-corrected chi connectivity index (χ4v) is 4.09. The smallest absolute Gasteiger partial charge is 0.287 e. The van der Waals surface area contributed by atoms with Crippen LogP contribution >= 0.6 is 12.2 Å². The van der Waals surface area contributed by atoms with Gasteiger partial charge in [0.1, 0.15) is 12.3 Å². The molecular weight excluding hydrogens is 410 g/mol. The van der Waals surface area contributed by atoms with Gasteiger partial charge < -0.3 is 14.5 Å². The molecular formula is C24H27N3O3S. The van der Waals surface area contributed by atoms with Gasteiger partial charge in [0.15, 0.2) is 6.61 Å². The predicted molar refractivity (Wildman–Crippen MR) is 122 cm³/mol. The van der Waals surface area contributed by atoms with E-state index in [1.54, 1.807) is 0 Å². The highest BCUT2D eigenvalue weighted by Crippen LogP contribution is 2.26. The van der Waals surface area contributed by atoms with Crippen LogP contribution in [0.4, 0.5) is 5.69 Å². The van der Waals surface area contributed by atoms with E-state index >= 15 is 0 Å². The number of aryl methyl sites for hydroxylation is 2. The molecule has 1 heterocycles. The number of hydrogen-bond donors (Lipinski definition) is 1. The number of ether oxygens (including phenoxy) is 1. The van der Waals surface area contributed by atoms with E-state index in [1.165, 1.54) is 28.7 Å². The zero-order valence-corrected chi connectivity index (χ0v) is 18.7. The van der Waals surface area contributed by atoms with Crippen molar-refractivity contribution in [3.05, 3.63) is 69.9 Å². The van der Waals surface area contributed by atoms with Gasteiger partial charge in [0.25, 0.3) is 10.7 Å². The number of benzene rings is 2. The van der Waals surface area contributed by atoms with Gasteiger partial charge in [0.05, 0.1) is 0 Å². The van der Waals surface area contributed by atoms with Crippen LogP contribution in [0, 0.1) is 4.84 Å². The standard InChI is InChI=1S/C24H27N3O3S/c1-16(2)20-9-5-6-10-21(20)25-22(28)14-27-24(31)30-23(26-27)15-29-19-12-11-17-7-3-4-8-18(17)13-19/h5-6,9-13,16H,3-4,7-8,14-15H2,1-2H3,(H,25,28). The summed E-state index contributed by atoms with van der Waals surface area (Å²) in [7, 11) is 0. The first-order valence-corrected chi connectivity index (χ1v) is 11.1. The molecule has 0 fully saturated rings. The number of carbonyl (C=O) groups is 1. The van der Waals surface area contributed by atoms with Crippen molar-refractivity contribution in [2.45, 2.75) is 58.6 Å². The molecule has 4 rings (SSSR count). The number of hydrogen-bond acceptors (Lipinski definition) is 5. The van der Waals surface area contributed by atoms with Gasteiger partial charge in [-0.25, -0.2) is 4.68 Å². The van der Waals surface area contributed by atoms with E-state index in [0.717, 1.165) is 29.8 Å². The Bertz CT molecular complexity index is 1130. The molecule has 0 bridgehead atoms. The highest BCUT2D eigenvalue weighted by Gasteiger charge is 2.14. The van der Waals surface area contributed by atoms with Crippen molar-refractivity contribution in [1.82, 2.24) is 9.78 Å². The van der Waals surface area contributed by atoms with Crippen LogP contribution in [0.5, 0.6) is 5.75 Å². The monoisotopic (exact) mass is 437 g/mol. The quantitative estimate of drug-likeness (QED) is 0.500. The number of carbonyl (C=O) groups excluding carboxylic acids is 1. The minimum absolute atomic E-state index is 0.0202. The lowest BCUT2D eigenvalue weighted by molar-refractivity contribution is -0.117. The van der Waals surface area contributed by atoms with Gasteiger partial charge in [-0.15, -0.1) is 5.10 Å². The highest BCUT2D eigenvalue weighted by molar-refractivity contribution is 7.71. The Hall–Kier alpha value is -2.93. The van der Waals surface area contributed by atoms with Crippen molar-refractivity contribution in [3.8, 4) is 5.75 Å². The van der Waals surface area contributed by atoms with E-state index in [-0.39, 0.29) is 23.9 Å². The Labute approximate surface area is 187 Å². The topological polar surface area (TPSA) is 69.3 Å². The number of nitrogens with zero attached hydrogens (tertiary/aromatic N) is 2. The van der Waals surface area contributed by atoms with E-state index in [2.05, 4.69) is 36.4 Å². The summed E-state index contributed by atoms with van der Waals surface area (Å²) < 4.78 is 12.8. The first-order valence-electron chi connectivity index (χ1n) is 10.7. The third kappa shape index (κ3) is 5.22. The van der Waals surface area contributed by atoms with Crippen molar-refractivity contribution in [2.24, 2.45) is 0 Å². The number of anilines is 1. The van der Waals surface area contributed by atoms with Crippen molar-refractivity contribution in [2.75, 3.05) is 5.32 Å². The number of fused-ring (bicyclic) bond motifs is 1. The lowest BCUT2D eigenvalue weighted by Gasteiger charge is -2.16. The Kier molecular flexibility index (Phi) is 6.51. The second-order valence-electron chi connectivity index (χ2n) is 8.14. The van der Waals surface area contributed by atoms with Crippen LogP contribution in [0.25, 0.3) is 0 Å². The zero-order valence-electron chi connectivity index (χ0n) is 17.9. The summed E-state index contributed by atoms with van der Waals surface area (Å²) in [5.41, 5.74) is 4.64. The summed E-state index contributed by atoms with van der Waals surface area (Å²) >= 11 is 5.23. The molecule has 0 saturated carbocycles. The van der Waals surface area contributed by atoms with Crippen molar-refractivity contribution in [1.29, 1.82) is 0 Å². The molecule has 2 aromatic carbocycles. The van der Waals surface area contributed by atoms with Gasteiger partial charge >= 0.3 is 0 Å². The molecule has 1 N–H and O–H groups in total. The van der Waals surface area contributed by atoms with Crippen LogP contribution in [-0.2, 0) is 30.8 Å². The molecule has 0 saturated heterocycles. The largest absolute Gasteiger partial charge is 0.484 e. The van der Waals surface area contributed by atoms with Gasteiger partial charge in [-0.2, -0.15) is 0 Å². The second-order valence-corrected chi connectivity index (χ2v) is 8.49. The maximum Gasteiger partial charge on any atom is 0.287 e. The van der Waals surface area contributed by atoms with Crippen LogP contribution in [-0.4, -0.2) is 15.7 Å². The minimum atomic E-state index is -0.209. The van der Waals surface area contributed by atoms with Crippen LogP contribution < -0.4 is 10.1 Å². The number of para-hydroxylation sites is 1. The normalized spacial score (nSPS) is 13.1. The summed E-state index contributed by atoms with van der Waals surface area (Å²) in [5, 5.41) is 7.26. The lowest BCUT2D eigenvalue weighted by atomic mass is 9.92. The maximum atomic E-state index is 12.5. The Morgan fingerprint density at radius 1 is 1.19 bits per heavy atom. The van der Waals surface area contributed by atoms with Crippen LogP contribution in [0.3, 0.4) is 0 Å². The van der Waals surface area contributed by atoms with E-state index < -0.39 is 0 Å². The van der Waals surface area contributed by atoms with Crippen LogP contribution in [0.15, 0.2) is 46.9 Å². The van der Waals surface area contributed by atoms with E-state index in [0.29, 0.717) is 11.8 Å². The van der Waals surface area contributed by atoms with E-state index in [4.69, 9.17) is 21.4 Å². The molecule has 1 aliphatic carbocycles. The molecule has 31 heavy (non-hydrogen) atoms. The summed E-state index contributed by atoms with van der Waals surface area (Å²) in [6, 6.07) is 14.0. The third-order valence-electron chi connectivity index (χ3n) is 5.48. The number of rotatable bonds is 7. The predicted octanol–water partition coefficient (Wildman–Crippen LogP) is 5.43. The Balaban J connectivity index is 1.38. The third-order valence-corrected chi connectivity index (χ3v) is 5.77. The Morgan fingerprint density at radius 3 is 2.77 bits per heavy atom. The molecule has 1 aliphatic rings. The lowest BCUT2D eigenvalue weighted by Crippen LogP contribution is -2.20. The first kappa shape index (κ1) is 21.3. The minimum Gasteiger partial charge on any atom is -0.484 e. The summed E-state index contributed by atoms with van der Waals surface area (Å²) in [6.07, 6.45) is 4.70. The van der Waals surface area contributed by atoms with E-state index in [9.17, 15) is 4.79 Å². The number of aromatic nitrogens is 2. The van der Waals surface area contributed by atoms with Crippen molar-refractivity contribution < 1.29 is 13.9 Å². The van der Waals surface area contributed by atoms with Gasteiger partial charge in [-0.1, -0.05) is 38.1 Å².